The molecular weight excluding hydrogens is 343 g/mol. The van der Waals surface area contributed by atoms with Crippen molar-refractivity contribution < 1.29 is 18.7 Å². The van der Waals surface area contributed by atoms with E-state index in [2.05, 4.69) is 0 Å². The number of rotatable bonds is 6. The number of carbonyl (C=O) groups excluding carboxylic acids is 2. The molecule has 3 nitrogen and oxygen atoms in total. The van der Waals surface area contributed by atoms with Crippen LogP contribution < -0.4 is 0 Å². The quantitative estimate of drug-likeness (QED) is 0.419. The molecule has 25 heavy (non-hydrogen) atoms. The molecule has 0 aliphatic rings. The Kier molecular flexibility index (Phi) is 6.48. The van der Waals surface area contributed by atoms with Crippen molar-refractivity contribution in [3.8, 4) is 0 Å². The molecule has 130 valence electrons. The third-order valence-electron chi connectivity index (χ3n) is 3.69. The number of halogens is 2. The summed E-state index contributed by atoms with van der Waals surface area (Å²) in [5.74, 6) is -1.59. The number of aryl methyl sites for hydroxylation is 1. The summed E-state index contributed by atoms with van der Waals surface area (Å²) in [5, 5.41) is 0.184. The van der Waals surface area contributed by atoms with Gasteiger partial charge in [-0.1, -0.05) is 48.9 Å². The molecule has 0 spiro atoms. The van der Waals surface area contributed by atoms with Crippen LogP contribution in [0.1, 0.15) is 35.3 Å². The molecule has 0 aliphatic carbocycles. The third kappa shape index (κ3) is 5.00. The molecule has 2 aromatic rings. The number of esters is 1. The predicted octanol–water partition coefficient (Wildman–Crippen LogP) is 4.87. The smallest absolute Gasteiger partial charge is 0.331 e. The topological polar surface area (TPSA) is 43.4 Å². The lowest BCUT2D eigenvalue weighted by Gasteiger charge is -2.11. The normalized spacial score (nSPS) is 12.2. The molecule has 0 radical (unpaired) electrons. The van der Waals surface area contributed by atoms with Crippen molar-refractivity contribution in [2.45, 2.75) is 26.4 Å². The Hall–Kier alpha value is -2.46. The second kappa shape index (κ2) is 8.58. The van der Waals surface area contributed by atoms with Crippen LogP contribution in [0.25, 0.3) is 6.08 Å². The van der Waals surface area contributed by atoms with Gasteiger partial charge in [0.1, 0.15) is 5.82 Å². The number of benzene rings is 2. The van der Waals surface area contributed by atoms with Crippen LogP contribution in [-0.4, -0.2) is 17.9 Å². The number of hydrogen-bond donors (Lipinski definition) is 0. The van der Waals surface area contributed by atoms with Crippen LogP contribution in [0.15, 0.2) is 48.5 Å². The lowest BCUT2D eigenvalue weighted by atomic mass is 10.0. The Morgan fingerprint density at radius 1 is 1.20 bits per heavy atom. The summed E-state index contributed by atoms with van der Waals surface area (Å²) in [7, 11) is 0. The van der Waals surface area contributed by atoms with Crippen LogP contribution in [0, 0.1) is 5.82 Å². The zero-order chi connectivity index (χ0) is 18.4. The van der Waals surface area contributed by atoms with Gasteiger partial charge in [0.15, 0.2) is 6.10 Å². The zero-order valence-electron chi connectivity index (χ0n) is 14.0. The van der Waals surface area contributed by atoms with Gasteiger partial charge < -0.3 is 4.74 Å². The van der Waals surface area contributed by atoms with E-state index in [1.807, 2.05) is 19.1 Å². The molecule has 0 unspecified atom stereocenters. The first-order valence-corrected chi connectivity index (χ1v) is 8.26. The van der Waals surface area contributed by atoms with Gasteiger partial charge in [0.25, 0.3) is 0 Å². The molecule has 0 aliphatic heterocycles. The second-order valence-electron chi connectivity index (χ2n) is 5.46. The molecule has 0 bridgehead atoms. The standard InChI is InChI=1S/C20H18ClFO3/c1-3-14-7-9-15(10-8-14)20(24)13(2)25-19(23)12-11-16-17(21)5-4-6-18(16)22/h4-13H,3H2,1-2H3/b12-11+/t13-/m1/s1. The minimum atomic E-state index is -0.944. The van der Waals surface area contributed by atoms with E-state index in [-0.39, 0.29) is 16.4 Å². The highest BCUT2D eigenvalue weighted by atomic mass is 35.5. The average molecular weight is 361 g/mol. The second-order valence-corrected chi connectivity index (χ2v) is 5.87. The Morgan fingerprint density at radius 2 is 1.88 bits per heavy atom. The zero-order valence-corrected chi connectivity index (χ0v) is 14.7. The minimum Gasteiger partial charge on any atom is -0.451 e. The van der Waals surface area contributed by atoms with Crippen LogP contribution in [0.4, 0.5) is 4.39 Å². The first kappa shape index (κ1) is 18.9. The molecule has 2 aromatic carbocycles. The Labute approximate surface area is 151 Å². The lowest BCUT2D eigenvalue weighted by molar-refractivity contribution is -0.140. The Morgan fingerprint density at radius 3 is 2.48 bits per heavy atom. The summed E-state index contributed by atoms with van der Waals surface area (Å²) in [4.78, 5) is 24.1. The minimum absolute atomic E-state index is 0.0928. The summed E-state index contributed by atoms with van der Waals surface area (Å²) in [6.45, 7) is 3.52. The summed E-state index contributed by atoms with van der Waals surface area (Å²) in [5.41, 5.74) is 1.68. The van der Waals surface area contributed by atoms with Crippen molar-refractivity contribution >= 4 is 29.4 Å². The molecule has 0 heterocycles. The molecule has 5 heteroatoms. The number of Topliss-reactive ketones (excluding diaryl/α,β-unsaturated/α-hetero) is 1. The fourth-order valence-electron chi connectivity index (χ4n) is 2.23. The van der Waals surface area contributed by atoms with Crippen LogP contribution in [0.5, 0.6) is 0 Å². The summed E-state index contributed by atoms with van der Waals surface area (Å²) in [6.07, 6.45) is 2.21. The summed E-state index contributed by atoms with van der Waals surface area (Å²) in [6, 6.07) is 11.4. The monoisotopic (exact) mass is 360 g/mol. The number of hydrogen-bond acceptors (Lipinski definition) is 3. The molecule has 0 saturated carbocycles. The van der Waals surface area contributed by atoms with E-state index in [0.717, 1.165) is 18.1 Å². The average Bonchev–Trinajstić information content (AvgIpc) is 2.60. The van der Waals surface area contributed by atoms with Crippen LogP contribution >= 0.6 is 11.6 Å². The van der Waals surface area contributed by atoms with E-state index in [9.17, 15) is 14.0 Å². The summed E-state index contributed by atoms with van der Waals surface area (Å²) < 4.78 is 18.7. The van der Waals surface area contributed by atoms with Crippen LogP contribution in [0.2, 0.25) is 5.02 Å². The van der Waals surface area contributed by atoms with E-state index < -0.39 is 17.9 Å². The number of carbonyl (C=O) groups is 2. The van der Waals surface area contributed by atoms with Gasteiger partial charge >= 0.3 is 5.97 Å². The largest absolute Gasteiger partial charge is 0.451 e. The maximum Gasteiger partial charge on any atom is 0.331 e. The molecule has 0 fully saturated rings. The highest BCUT2D eigenvalue weighted by Gasteiger charge is 2.18. The molecule has 2 rings (SSSR count). The van der Waals surface area contributed by atoms with Crippen molar-refractivity contribution in [3.63, 3.8) is 0 Å². The van der Waals surface area contributed by atoms with Crippen LogP contribution in [-0.2, 0) is 16.0 Å². The fraction of sp³-hybridized carbons (Fsp3) is 0.200. The molecule has 0 saturated heterocycles. The lowest BCUT2D eigenvalue weighted by Crippen LogP contribution is -2.23. The highest BCUT2D eigenvalue weighted by molar-refractivity contribution is 6.32. The number of ketones is 1. The van der Waals surface area contributed by atoms with Crippen molar-refractivity contribution in [1.82, 2.24) is 0 Å². The maximum atomic E-state index is 13.6. The van der Waals surface area contributed by atoms with Gasteiger partial charge in [-0.25, -0.2) is 9.18 Å². The van der Waals surface area contributed by atoms with E-state index in [4.69, 9.17) is 16.3 Å². The molecule has 0 amide bonds. The van der Waals surface area contributed by atoms with Gasteiger partial charge in [-0.15, -0.1) is 0 Å². The fourth-order valence-corrected chi connectivity index (χ4v) is 2.45. The SMILES string of the molecule is CCc1ccc(C(=O)[C@@H](C)OC(=O)/C=C/c2c(F)cccc2Cl)cc1. The van der Waals surface area contributed by atoms with Crippen molar-refractivity contribution in [3.05, 3.63) is 76.1 Å². The maximum absolute atomic E-state index is 13.6. The number of ether oxygens (including phenoxy) is 1. The van der Waals surface area contributed by atoms with E-state index in [0.29, 0.717) is 5.56 Å². The molecular formula is C20H18ClFO3. The van der Waals surface area contributed by atoms with Crippen molar-refractivity contribution in [1.29, 1.82) is 0 Å². The Bertz CT molecular complexity index is 777. The van der Waals surface area contributed by atoms with Gasteiger partial charge in [-0.2, -0.15) is 0 Å². The van der Waals surface area contributed by atoms with E-state index >= 15 is 0 Å². The van der Waals surface area contributed by atoms with Gasteiger partial charge in [0.2, 0.25) is 5.78 Å². The predicted molar refractivity (Wildman–Crippen MR) is 96.1 cm³/mol. The van der Waals surface area contributed by atoms with Crippen LogP contribution in [0.3, 0.4) is 0 Å². The third-order valence-corrected chi connectivity index (χ3v) is 4.02. The Balaban J connectivity index is 2.01. The van der Waals surface area contributed by atoms with E-state index in [1.54, 1.807) is 12.1 Å². The van der Waals surface area contributed by atoms with Crippen molar-refractivity contribution in [2.24, 2.45) is 0 Å². The molecule has 0 aromatic heterocycles. The van der Waals surface area contributed by atoms with Gasteiger partial charge in [-0.3, -0.25) is 4.79 Å². The van der Waals surface area contributed by atoms with Gasteiger partial charge in [0, 0.05) is 17.2 Å². The van der Waals surface area contributed by atoms with E-state index in [1.165, 1.54) is 31.2 Å². The first-order valence-electron chi connectivity index (χ1n) is 7.88. The van der Waals surface area contributed by atoms with Gasteiger partial charge in [-0.05, 0) is 37.1 Å². The summed E-state index contributed by atoms with van der Waals surface area (Å²) >= 11 is 5.88. The first-order chi connectivity index (χ1) is 11.9. The molecule has 0 N–H and O–H groups in total. The van der Waals surface area contributed by atoms with Crippen molar-refractivity contribution in [2.75, 3.05) is 0 Å². The highest BCUT2D eigenvalue weighted by Crippen LogP contribution is 2.20. The van der Waals surface area contributed by atoms with Gasteiger partial charge in [0.05, 0.1) is 5.02 Å². The molecule has 1 atom stereocenters.